The first kappa shape index (κ1) is 12.2. The molecule has 2 unspecified atom stereocenters. The van der Waals surface area contributed by atoms with Crippen LogP contribution in [0.2, 0.25) is 0 Å². The molecule has 5 heteroatoms. The Kier molecular flexibility index (Phi) is 2.79. The molecule has 2 fully saturated rings. The van der Waals surface area contributed by atoms with E-state index in [1.807, 2.05) is 25.7 Å². The molecule has 2 aliphatic heterocycles. The van der Waals surface area contributed by atoms with E-state index in [0.29, 0.717) is 6.54 Å². The highest BCUT2D eigenvalue weighted by atomic mass is 16.6. The third kappa shape index (κ3) is 2.23. The van der Waals surface area contributed by atoms with Gasteiger partial charge in [-0.15, -0.1) is 0 Å². The minimum atomic E-state index is -0.457. The second-order valence-corrected chi connectivity index (χ2v) is 5.77. The van der Waals surface area contributed by atoms with Crippen LogP contribution in [0.25, 0.3) is 0 Å². The van der Waals surface area contributed by atoms with Gasteiger partial charge in [-0.25, -0.2) is 4.79 Å². The van der Waals surface area contributed by atoms with Crippen molar-refractivity contribution in [2.75, 3.05) is 13.1 Å². The minimum Gasteiger partial charge on any atom is -0.444 e. The summed E-state index contributed by atoms with van der Waals surface area (Å²) < 4.78 is 5.33. The summed E-state index contributed by atoms with van der Waals surface area (Å²) in [6, 6.07) is 0.369. The molecule has 2 atom stereocenters. The summed E-state index contributed by atoms with van der Waals surface area (Å²) in [5, 5.41) is 0. The average Bonchev–Trinajstić information content (AvgIpc) is 2.39. The molecule has 0 aromatic heterocycles. The largest absolute Gasteiger partial charge is 0.444 e. The Hall–Kier alpha value is -1.26. The van der Waals surface area contributed by atoms with Crippen LogP contribution in [0, 0.1) is 0 Å². The zero-order chi connectivity index (χ0) is 12.8. The SMILES string of the molecule is CC(=O)N1CCC2C1CN2C(=O)OC(C)(C)C. The summed E-state index contributed by atoms with van der Waals surface area (Å²) in [5.74, 6) is 0.0985. The van der Waals surface area contributed by atoms with Gasteiger partial charge in [0, 0.05) is 20.0 Å². The standard InChI is InChI=1S/C12H20N2O3/c1-8(15)13-6-5-9-10(13)7-14(9)11(16)17-12(2,3)4/h9-10H,5-7H2,1-4H3. The third-order valence-electron chi connectivity index (χ3n) is 3.33. The van der Waals surface area contributed by atoms with Crippen LogP contribution in [-0.2, 0) is 9.53 Å². The monoisotopic (exact) mass is 240 g/mol. The molecule has 2 saturated heterocycles. The zero-order valence-corrected chi connectivity index (χ0v) is 10.9. The number of rotatable bonds is 0. The quantitative estimate of drug-likeness (QED) is 0.640. The van der Waals surface area contributed by atoms with Crippen molar-refractivity contribution in [2.45, 2.75) is 51.8 Å². The van der Waals surface area contributed by atoms with E-state index in [2.05, 4.69) is 0 Å². The summed E-state index contributed by atoms with van der Waals surface area (Å²) in [6.07, 6.45) is 0.605. The molecule has 0 N–H and O–H groups in total. The fourth-order valence-corrected chi connectivity index (χ4v) is 2.54. The maximum atomic E-state index is 11.9. The highest BCUT2D eigenvalue weighted by molar-refractivity contribution is 5.76. The number of carbonyl (C=O) groups excluding carboxylic acids is 2. The van der Waals surface area contributed by atoms with Gasteiger partial charge in [-0.1, -0.05) is 0 Å². The average molecular weight is 240 g/mol. The van der Waals surface area contributed by atoms with Crippen molar-refractivity contribution in [3.8, 4) is 0 Å². The molecular formula is C12H20N2O3. The van der Waals surface area contributed by atoms with Gasteiger partial charge in [0.05, 0.1) is 12.1 Å². The molecule has 2 amide bonds. The summed E-state index contributed by atoms with van der Waals surface area (Å²) in [5.41, 5.74) is -0.457. The normalized spacial score (nSPS) is 27.5. The number of amides is 2. The molecule has 0 saturated carbocycles. The van der Waals surface area contributed by atoms with Gasteiger partial charge in [0.25, 0.3) is 0 Å². The highest BCUT2D eigenvalue weighted by Gasteiger charge is 2.50. The van der Waals surface area contributed by atoms with E-state index in [0.717, 1.165) is 13.0 Å². The van der Waals surface area contributed by atoms with Crippen LogP contribution in [0.1, 0.15) is 34.1 Å². The van der Waals surface area contributed by atoms with E-state index in [-0.39, 0.29) is 24.1 Å². The molecular weight excluding hydrogens is 220 g/mol. The van der Waals surface area contributed by atoms with Crippen LogP contribution in [0.15, 0.2) is 0 Å². The van der Waals surface area contributed by atoms with E-state index in [4.69, 9.17) is 4.74 Å². The Morgan fingerprint density at radius 2 is 1.82 bits per heavy atom. The van der Waals surface area contributed by atoms with E-state index >= 15 is 0 Å². The Bertz CT molecular complexity index is 348. The number of nitrogens with zero attached hydrogens (tertiary/aromatic N) is 2. The lowest BCUT2D eigenvalue weighted by atomic mass is 9.98. The van der Waals surface area contributed by atoms with Crippen LogP contribution >= 0.6 is 0 Å². The highest BCUT2D eigenvalue weighted by Crippen LogP contribution is 2.33. The lowest BCUT2D eigenvalue weighted by molar-refractivity contribution is -0.132. The fraction of sp³-hybridized carbons (Fsp3) is 0.833. The van der Waals surface area contributed by atoms with Crippen LogP contribution in [0.3, 0.4) is 0 Å². The Labute approximate surface area is 102 Å². The number of likely N-dealkylation sites (tertiary alicyclic amines) is 2. The van der Waals surface area contributed by atoms with Crippen molar-refractivity contribution in [3.05, 3.63) is 0 Å². The molecule has 0 radical (unpaired) electrons. The number of ether oxygens (including phenoxy) is 1. The van der Waals surface area contributed by atoms with Crippen molar-refractivity contribution in [1.82, 2.24) is 9.80 Å². The second kappa shape index (κ2) is 3.89. The van der Waals surface area contributed by atoms with Crippen LogP contribution in [-0.4, -0.2) is 52.6 Å². The first-order valence-corrected chi connectivity index (χ1v) is 6.06. The summed E-state index contributed by atoms with van der Waals surface area (Å²) >= 11 is 0. The van der Waals surface area contributed by atoms with Crippen molar-refractivity contribution >= 4 is 12.0 Å². The maximum Gasteiger partial charge on any atom is 0.410 e. The number of hydrogen-bond donors (Lipinski definition) is 0. The fourth-order valence-electron chi connectivity index (χ4n) is 2.54. The molecule has 2 rings (SSSR count). The van der Waals surface area contributed by atoms with Gasteiger partial charge in [0.2, 0.25) is 5.91 Å². The maximum absolute atomic E-state index is 11.9. The lowest BCUT2D eigenvalue weighted by Gasteiger charge is -2.46. The number of fused-ring (bicyclic) bond motifs is 1. The van der Waals surface area contributed by atoms with Gasteiger partial charge >= 0.3 is 6.09 Å². The van der Waals surface area contributed by atoms with E-state index in [1.54, 1.807) is 11.8 Å². The van der Waals surface area contributed by atoms with Crippen LogP contribution in [0.5, 0.6) is 0 Å². The van der Waals surface area contributed by atoms with E-state index in [1.165, 1.54) is 0 Å². The second-order valence-electron chi connectivity index (χ2n) is 5.77. The Balaban J connectivity index is 1.93. The molecule has 96 valence electrons. The molecule has 0 aromatic carbocycles. The number of hydrogen-bond acceptors (Lipinski definition) is 3. The minimum absolute atomic E-state index is 0.0985. The summed E-state index contributed by atoms with van der Waals surface area (Å²) in [4.78, 5) is 26.8. The zero-order valence-electron chi connectivity index (χ0n) is 10.9. The third-order valence-corrected chi connectivity index (χ3v) is 3.33. The van der Waals surface area contributed by atoms with Crippen LogP contribution < -0.4 is 0 Å². The summed E-state index contributed by atoms with van der Waals surface area (Å²) in [7, 11) is 0. The predicted octanol–water partition coefficient (Wildman–Crippen LogP) is 1.23. The van der Waals surface area contributed by atoms with Crippen molar-refractivity contribution < 1.29 is 14.3 Å². The molecule has 2 heterocycles. The molecule has 17 heavy (non-hydrogen) atoms. The topological polar surface area (TPSA) is 49.9 Å². The lowest BCUT2D eigenvalue weighted by Crippen LogP contribution is -2.64. The predicted molar refractivity (Wildman–Crippen MR) is 62.5 cm³/mol. The molecule has 2 aliphatic rings. The van der Waals surface area contributed by atoms with Crippen molar-refractivity contribution in [1.29, 1.82) is 0 Å². The van der Waals surface area contributed by atoms with Gasteiger partial charge < -0.3 is 14.5 Å². The molecule has 0 spiro atoms. The van der Waals surface area contributed by atoms with Gasteiger partial charge in [-0.2, -0.15) is 0 Å². The first-order valence-electron chi connectivity index (χ1n) is 6.06. The molecule has 0 aromatic rings. The Morgan fingerprint density at radius 1 is 1.18 bits per heavy atom. The first-order chi connectivity index (χ1) is 7.79. The van der Waals surface area contributed by atoms with Crippen molar-refractivity contribution in [3.63, 3.8) is 0 Å². The Morgan fingerprint density at radius 3 is 2.35 bits per heavy atom. The number of carbonyl (C=O) groups is 2. The van der Waals surface area contributed by atoms with Gasteiger partial charge in [0.15, 0.2) is 0 Å². The molecule has 0 bridgehead atoms. The van der Waals surface area contributed by atoms with Gasteiger partial charge in [-0.05, 0) is 27.2 Å². The van der Waals surface area contributed by atoms with E-state index in [9.17, 15) is 9.59 Å². The van der Waals surface area contributed by atoms with E-state index < -0.39 is 5.60 Å². The van der Waals surface area contributed by atoms with Crippen LogP contribution in [0.4, 0.5) is 4.79 Å². The van der Waals surface area contributed by atoms with Gasteiger partial charge in [0.1, 0.15) is 5.60 Å². The van der Waals surface area contributed by atoms with Crippen molar-refractivity contribution in [2.24, 2.45) is 0 Å². The van der Waals surface area contributed by atoms with Gasteiger partial charge in [-0.3, -0.25) is 4.79 Å². The molecule has 0 aliphatic carbocycles. The summed E-state index contributed by atoms with van der Waals surface area (Å²) in [6.45, 7) is 8.53. The molecule has 5 nitrogen and oxygen atoms in total. The smallest absolute Gasteiger partial charge is 0.410 e.